The molecule has 1 amide bonds. The molecule has 1 unspecified atom stereocenters. The summed E-state index contributed by atoms with van der Waals surface area (Å²) in [5.41, 5.74) is 2.59. The van der Waals surface area contributed by atoms with Crippen molar-refractivity contribution in [3.63, 3.8) is 0 Å². The summed E-state index contributed by atoms with van der Waals surface area (Å²) in [6.07, 6.45) is 0.573. The van der Waals surface area contributed by atoms with Crippen LogP contribution in [-0.4, -0.2) is 62.3 Å². The first-order valence-electron chi connectivity index (χ1n) is 11.2. The van der Waals surface area contributed by atoms with Crippen molar-refractivity contribution in [3.05, 3.63) is 65.9 Å². The Labute approximate surface area is 192 Å². The molecule has 0 bridgehead atoms. The first kappa shape index (κ1) is 21.4. The molecule has 0 aliphatic carbocycles. The van der Waals surface area contributed by atoms with Gasteiger partial charge in [0, 0.05) is 38.0 Å². The number of carbonyl (C=O) groups is 1. The molecule has 0 saturated carbocycles. The van der Waals surface area contributed by atoms with Gasteiger partial charge in [0.05, 0.1) is 25.4 Å². The number of benzene rings is 2. The molecule has 2 aliphatic rings. The van der Waals surface area contributed by atoms with Crippen molar-refractivity contribution in [2.24, 2.45) is 9.98 Å². The van der Waals surface area contributed by atoms with Crippen LogP contribution in [0, 0.1) is 0 Å². The van der Waals surface area contributed by atoms with Gasteiger partial charge >= 0.3 is 0 Å². The molecule has 0 spiro atoms. The van der Waals surface area contributed by atoms with E-state index in [-0.39, 0.29) is 11.9 Å². The topological polar surface area (TPSA) is 91.5 Å². The Hall–Kier alpha value is -3.49. The Kier molecular flexibility index (Phi) is 6.19. The molecule has 1 aromatic heterocycles. The van der Waals surface area contributed by atoms with Gasteiger partial charge in [-0.3, -0.25) is 15.0 Å². The van der Waals surface area contributed by atoms with Gasteiger partial charge in [-0.25, -0.2) is 9.98 Å². The molecule has 1 fully saturated rings. The summed E-state index contributed by atoms with van der Waals surface area (Å²) >= 11 is 0. The fourth-order valence-electron chi connectivity index (χ4n) is 4.17. The number of nitrogens with zero attached hydrogens (tertiary/aromatic N) is 3. The number of para-hydroxylation sites is 1. The van der Waals surface area contributed by atoms with E-state index >= 15 is 0 Å². The third-order valence-electron chi connectivity index (χ3n) is 5.94. The van der Waals surface area contributed by atoms with Gasteiger partial charge in [0.1, 0.15) is 17.1 Å². The van der Waals surface area contributed by atoms with Gasteiger partial charge < -0.3 is 14.5 Å². The molecule has 0 radical (unpaired) electrons. The summed E-state index contributed by atoms with van der Waals surface area (Å²) in [5.74, 6) is 1.68. The summed E-state index contributed by atoms with van der Waals surface area (Å²) in [5, 5.41) is 7.23. The first-order chi connectivity index (χ1) is 16.2. The van der Waals surface area contributed by atoms with Gasteiger partial charge in [0.2, 0.25) is 11.9 Å². The predicted molar refractivity (Wildman–Crippen MR) is 128 cm³/mol. The second-order valence-electron chi connectivity index (χ2n) is 8.23. The van der Waals surface area contributed by atoms with Crippen LogP contribution in [0.5, 0.6) is 5.75 Å². The van der Waals surface area contributed by atoms with Crippen molar-refractivity contribution >= 4 is 28.5 Å². The quantitative estimate of drug-likeness (QED) is 0.630. The molecule has 3 heterocycles. The maximum absolute atomic E-state index is 12.7. The lowest BCUT2D eigenvalue weighted by atomic mass is 9.99. The minimum absolute atomic E-state index is 0.112. The molecule has 5 rings (SSSR count). The molecule has 170 valence electrons. The van der Waals surface area contributed by atoms with E-state index in [1.807, 2.05) is 54.6 Å². The molecule has 8 heteroatoms. The SMILES string of the molecule is COc1ccc(C2CC(c3cc4ccccc4o3)=NC(NC(=O)CN3CCNCC3)=N2)cc1. The van der Waals surface area contributed by atoms with Crippen molar-refractivity contribution in [2.45, 2.75) is 12.5 Å². The molecule has 1 saturated heterocycles. The van der Waals surface area contributed by atoms with Crippen LogP contribution in [0.3, 0.4) is 0 Å². The summed E-state index contributed by atoms with van der Waals surface area (Å²) in [4.78, 5) is 24.3. The van der Waals surface area contributed by atoms with Crippen molar-refractivity contribution in [1.29, 1.82) is 0 Å². The number of nitrogens with one attached hydrogen (secondary N) is 2. The summed E-state index contributed by atoms with van der Waals surface area (Å²) < 4.78 is 11.4. The number of methoxy groups -OCH3 is 1. The van der Waals surface area contributed by atoms with Crippen molar-refractivity contribution in [2.75, 3.05) is 39.8 Å². The van der Waals surface area contributed by atoms with Gasteiger partial charge in [-0.15, -0.1) is 0 Å². The number of hydrogen-bond acceptors (Lipinski definition) is 7. The fourth-order valence-corrected chi connectivity index (χ4v) is 4.17. The summed E-state index contributed by atoms with van der Waals surface area (Å²) in [6.45, 7) is 3.80. The highest BCUT2D eigenvalue weighted by Gasteiger charge is 2.25. The zero-order valence-corrected chi connectivity index (χ0v) is 18.6. The Morgan fingerprint density at radius 1 is 1.18 bits per heavy atom. The van der Waals surface area contributed by atoms with E-state index in [0.29, 0.717) is 24.7 Å². The molecular formula is C25H27N5O3. The number of fused-ring (bicyclic) bond motifs is 1. The highest BCUT2D eigenvalue weighted by atomic mass is 16.5. The van der Waals surface area contributed by atoms with Gasteiger partial charge in [-0.05, 0) is 29.8 Å². The van der Waals surface area contributed by atoms with E-state index in [2.05, 4.69) is 20.5 Å². The standard InChI is InChI=1S/C25H27N5O3/c1-32-19-8-6-17(7-9-19)20-15-21(23-14-18-4-2-3-5-22(18)33-23)28-25(27-20)29-24(31)16-30-12-10-26-11-13-30/h2-9,14,20,26H,10-13,15-16H2,1H3,(H,27,29,31). The number of rotatable bonds is 5. The fraction of sp³-hybridized carbons (Fsp3) is 0.320. The second-order valence-corrected chi connectivity index (χ2v) is 8.23. The summed E-state index contributed by atoms with van der Waals surface area (Å²) in [7, 11) is 1.64. The lowest BCUT2D eigenvalue weighted by molar-refractivity contribution is -0.121. The highest BCUT2D eigenvalue weighted by Crippen LogP contribution is 2.30. The van der Waals surface area contributed by atoms with E-state index in [1.54, 1.807) is 7.11 Å². The lowest BCUT2D eigenvalue weighted by Gasteiger charge is -2.26. The number of carbonyl (C=O) groups excluding carboxylic acids is 1. The first-order valence-corrected chi connectivity index (χ1v) is 11.2. The number of guanidine groups is 1. The van der Waals surface area contributed by atoms with Crippen LogP contribution in [0.1, 0.15) is 23.8 Å². The third kappa shape index (κ3) is 4.97. The lowest BCUT2D eigenvalue weighted by Crippen LogP contribution is -2.48. The molecular weight excluding hydrogens is 418 g/mol. The maximum atomic E-state index is 12.7. The zero-order chi connectivity index (χ0) is 22.6. The number of piperazine rings is 1. The number of ether oxygens (including phenoxy) is 1. The van der Waals surface area contributed by atoms with E-state index < -0.39 is 0 Å². The molecule has 8 nitrogen and oxygen atoms in total. The highest BCUT2D eigenvalue weighted by molar-refractivity contribution is 6.11. The molecule has 2 aromatic carbocycles. The van der Waals surface area contributed by atoms with Gasteiger partial charge in [-0.2, -0.15) is 0 Å². The van der Waals surface area contributed by atoms with Gasteiger partial charge in [0.15, 0.2) is 0 Å². The van der Waals surface area contributed by atoms with Crippen molar-refractivity contribution in [1.82, 2.24) is 15.5 Å². The van der Waals surface area contributed by atoms with Crippen LogP contribution in [0.25, 0.3) is 11.0 Å². The summed E-state index contributed by atoms with van der Waals surface area (Å²) in [6, 6.07) is 17.5. The molecule has 2 N–H and O–H groups in total. The Morgan fingerprint density at radius 2 is 1.97 bits per heavy atom. The van der Waals surface area contributed by atoms with E-state index in [9.17, 15) is 4.79 Å². The predicted octanol–water partition coefficient (Wildman–Crippen LogP) is 2.75. The number of furan rings is 1. The second kappa shape index (κ2) is 9.56. The monoisotopic (exact) mass is 445 g/mol. The van der Waals surface area contributed by atoms with Crippen molar-refractivity contribution in [3.8, 4) is 5.75 Å². The van der Waals surface area contributed by atoms with Crippen LogP contribution < -0.4 is 15.4 Å². The Bertz CT molecular complexity index is 1160. The Morgan fingerprint density at radius 3 is 2.73 bits per heavy atom. The smallest absolute Gasteiger partial charge is 0.240 e. The average molecular weight is 446 g/mol. The van der Waals surface area contributed by atoms with Gasteiger partial charge in [-0.1, -0.05) is 30.3 Å². The van der Waals surface area contributed by atoms with Crippen LogP contribution in [0.15, 0.2) is 69.0 Å². The number of amides is 1. The van der Waals surface area contributed by atoms with Crippen LogP contribution in [0.4, 0.5) is 0 Å². The van der Waals surface area contributed by atoms with Crippen LogP contribution in [-0.2, 0) is 4.79 Å². The molecule has 2 aliphatic heterocycles. The maximum Gasteiger partial charge on any atom is 0.240 e. The van der Waals surface area contributed by atoms with Crippen LogP contribution in [0.2, 0.25) is 0 Å². The number of aliphatic imine (C=N–C) groups is 2. The minimum atomic E-state index is -0.189. The van der Waals surface area contributed by atoms with Crippen molar-refractivity contribution < 1.29 is 13.9 Å². The van der Waals surface area contributed by atoms with Gasteiger partial charge in [0.25, 0.3) is 0 Å². The molecule has 3 aromatic rings. The average Bonchev–Trinajstić information content (AvgIpc) is 3.29. The Balaban J connectivity index is 1.41. The molecule has 1 atom stereocenters. The van der Waals surface area contributed by atoms with E-state index in [4.69, 9.17) is 14.1 Å². The molecule has 33 heavy (non-hydrogen) atoms. The van der Waals surface area contributed by atoms with Crippen LogP contribution >= 0.6 is 0 Å². The number of hydrogen-bond donors (Lipinski definition) is 2. The normalized spacial score (nSPS) is 19.1. The zero-order valence-electron chi connectivity index (χ0n) is 18.6. The largest absolute Gasteiger partial charge is 0.497 e. The minimum Gasteiger partial charge on any atom is -0.497 e. The third-order valence-corrected chi connectivity index (χ3v) is 5.94. The van der Waals surface area contributed by atoms with E-state index in [1.165, 1.54) is 0 Å². The van der Waals surface area contributed by atoms with E-state index in [0.717, 1.165) is 54.2 Å².